The van der Waals surface area contributed by atoms with E-state index in [4.69, 9.17) is 9.15 Å². The SMILES string of the molecule is COc1ccc(C(=O)NCc2cccnc2-c2ccco2)cc1F. The van der Waals surface area contributed by atoms with Gasteiger partial charge in [-0.3, -0.25) is 9.78 Å². The number of furan rings is 1. The lowest BCUT2D eigenvalue weighted by molar-refractivity contribution is 0.0950. The normalized spacial score (nSPS) is 10.4. The summed E-state index contributed by atoms with van der Waals surface area (Å²) in [6.45, 7) is 0.246. The highest BCUT2D eigenvalue weighted by Crippen LogP contribution is 2.22. The van der Waals surface area contributed by atoms with Gasteiger partial charge in [0.25, 0.3) is 5.91 Å². The summed E-state index contributed by atoms with van der Waals surface area (Å²) in [6.07, 6.45) is 3.22. The molecule has 0 aliphatic rings. The van der Waals surface area contributed by atoms with Crippen molar-refractivity contribution in [1.29, 1.82) is 0 Å². The molecule has 2 heterocycles. The molecular formula is C18H15FN2O3. The van der Waals surface area contributed by atoms with E-state index in [2.05, 4.69) is 10.3 Å². The van der Waals surface area contributed by atoms with Gasteiger partial charge in [0, 0.05) is 23.9 Å². The fourth-order valence-electron chi connectivity index (χ4n) is 2.30. The molecular weight excluding hydrogens is 311 g/mol. The second-order valence-electron chi connectivity index (χ2n) is 5.02. The van der Waals surface area contributed by atoms with Crippen LogP contribution in [0, 0.1) is 5.82 Å². The van der Waals surface area contributed by atoms with Crippen molar-refractivity contribution >= 4 is 5.91 Å². The van der Waals surface area contributed by atoms with Crippen LogP contribution in [0.15, 0.2) is 59.3 Å². The summed E-state index contributed by atoms with van der Waals surface area (Å²) in [6, 6.07) is 11.3. The number of hydrogen-bond donors (Lipinski definition) is 1. The number of benzene rings is 1. The summed E-state index contributed by atoms with van der Waals surface area (Å²) in [7, 11) is 1.37. The minimum atomic E-state index is -0.581. The predicted molar refractivity (Wildman–Crippen MR) is 86.1 cm³/mol. The largest absolute Gasteiger partial charge is 0.494 e. The van der Waals surface area contributed by atoms with Crippen LogP contribution < -0.4 is 10.1 Å². The van der Waals surface area contributed by atoms with Crippen molar-refractivity contribution in [2.24, 2.45) is 0 Å². The van der Waals surface area contributed by atoms with E-state index in [1.54, 1.807) is 30.7 Å². The summed E-state index contributed by atoms with van der Waals surface area (Å²) < 4.78 is 23.9. The second kappa shape index (κ2) is 6.95. The summed E-state index contributed by atoms with van der Waals surface area (Å²) in [5.41, 5.74) is 1.68. The van der Waals surface area contributed by atoms with Crippen LogP contribution in [0.5, 0.6) is 5.75 Å². The molecule has 0 aliphatic carbocycles. The Morgan fingerprint density at radius 1 is 1.29 bits per heavy atom. The van der Waals surface area contributed by atoms with Gasteiger partial charge in [-0.15, -0.1) is 0 Å². The highest BCUT2D eigenvalue weighted by molar-refractivity contribution is 5.94. The number of carbonyl (C=O) groups excluding carboxylic acids is 1. The van der Waals surface area contributed by atoms with Crippen LogP contribution in [0.3, 0.4) is 0 Å². The molecule has 24 heavy (non-hydrogen) atoms. The number of pyridine rings is 1. The van der Waals surface area contributed by atoms with Crippen molar-refractivity contribution in [2.75, 3.05) is 7.11 Å². The molecule has 3 aromatic rings. The minimum absolute atomic E-state index is 0.0962. The van der Waals surface area contributed by atoms with Gasteiger partial charge in [0.05, 0.1) is 13.4 Å². The van der Waals surface area contributed by atoms with Crippen LogP contribution in [-0.4, -0.2) is 18.0 Å². The lowest BCUT2D eigenvalue weighted by atomic mass is 10.1. The molecule has 0 saturated heterocycles. The summed E-state index contributed by atoms with van der Waals surface area (Å²) in [5.74, 6) is -0.247. The van der Waals surface area contributed by atoms with E-state index >= 15 is 0 Å². The summed E-state index contributed by atoms with van der Waals surface area (Å²) in [5, 5.41) is 2.75. The maximum Gasteiger partial charge on any atom is 0.251 e. The van der Waals surface area contributed by atoms with E-state index in [1.165, 1.54) is 19.2 Å². The zero-order valence-electron chi connectivity index (χ0n) is 13.0. The van der Waals surface area contributed by atoms with Gasteiger partial charge in [-0.05, 0) is 36.4 Å². The van der Waals surface area contributed by atoms with Crippen molar-refractivity contribution in [3.63, 3.8) is 0 Å². The third-order valence-electron chi connectivity index (χ3n) is 3.50. The Balaban J connectivity index is 1.74. The van der Waals surface area contributed by atoms with Crippen molar-refractivity contribution in [3.8, 4) is 17.2 Å². The van der Waals surface area contributed by atoms with E-state index in [0.717, 1.165) is 11.6 Å². The fourth-order valence-corrected chi connectivity index (χ4v) is 2.30. The number of nitrogens with one attached hydrogen (secondary N) is 1. The van der Waals surface area contributed by atoms with Crippen molar-refractivity contribution in [3.05, 3.63) is 71.9 Å². The topological polar surface area (TPSA) is 64.4 Å². The molecule has 1 aromatic carbocycles. The number of hydrogen-bond acceptors (Lipinski definition) is 4. The Labute approximate surface area is 138 Å². The number of rotatable bonds is 5. The van der Waals surface area contributed by atoms with E-state index in [9.17, 15) is 9.18 Å². The predicted octanol–water partition coefficient (Wildman–Crippen LogP) is 3.42. The number of carbonyl (C=O) groups is 1. The molecule has 2 aromatic heterocycles. The Kier molecular flexibility index (Phi) is 4.56. The molecule has 3 rings (SSSR count). The van der Waals surface area contributed by atoms with Gasteiger partial charge in [-0.25, -0.2) is 4.39 Å². The van der Waals surface area contributed by atoms with Crippen LogP contribution in [-0.2, 0) is 6.54 Å². The zero-order valence-corrected chi connectivity index (χ0v) is 13.0. The molecule has 5 nitrogen and oxygen atoms in total. The van der Waals surface area contributed by atoms with Gasteiger partial charge >= 0.3 is 0 Å². The number of halogens is 1. The summed E-state index contributed by atoms with van der Waals surface area (Å²) in [4.78, 5) is 16.5. The number of methoxy groups -OCH3 is 1. The van der Waals surface area contributed by atoms with E-state index in [0.29, 0.717) is 11.5 Å². The first kappa shape index (κ1) is 15.7. The maximum atomic E-state index is 13.7. The molecule has 0 saturated carbocycles. The first-order valence-corrected chi connectivity index (χ1v) is 7.28. The average molecular weight is 326 g/mol. The van der Waals surface area contributed by atoms with E-state index in [1.807, 2.05) is 6.07 Å². The van der Waals surface area contributed by atoms with Crippen molar-refractivity contribution in [1.82, 2.24) is 10.3 Å². The van der Waals surface area contributed by atoms with Crippen LogP contribution in [0.1, 0.15) is 15.9 Å². The third-order valence-corrected chi connectivity index (χ3v) is 3.50. The standard InChI is InChI=1S/C18H15FN2O3/c1-23-15-7-6-12(10-14(15)19)18(22)21-11-13-4-2-8-20-17(13)16-5-3-9-24-16/h2-10H,11H2,1H3,(H,21,22). The van der Waals surface area contributed by atoms with Crippen LogP contribution in [0.2, 0.25) is 0 Å². The average Bonchev–Trinajstić information content (AvgIpc) is 3.14. The zero-order chi connectivity index (χ0) is 16.9. The Morgan fingerprint density at radius 2 is 2.17 bits per heavy atom. The van der Waals surface area contributed by atoms with Crippen LogP contribution >= 0.6 is 0 Å². The van der Waals surface area contributed by atoms with Crippen LogP contribution in [0.25, 0.3) is 11.5 Å². The first-order chi connectivity index (χ1) is 11.7. The Hall–Kier alpha value is -3.15. The molecule has 122 valence electrons. The smallest absolute Gasteiger partial charge is 0.251 e. The van der Waals surface area contributed by atoms with E-state index in [-0.39, 0.29) is 23.8 Å². The highest BCUT2D eigenvalue weighted by atomic mass is 19.1. The number of aromatic nitrogens is 1. The molecule has 0 atom stereocenters. The number of amides is 1. The first-order valence-electron chi connectivity index (χ1n) is 7.28. The molecule has 0 spiro atoms. The lowest BCUT2D eigenvalue weighted by Gasteiger charge is -2.09. The molecule has 1 N–H and O–H groups in total. The molecule has 0 radical (unpaired) electrons. The second-order valence-corrected chi connectivity index (χ2v) is 5.02. The number of ether oxygens (including phenoxy) is 1. The minimum Gasteiger partial charge on any atom is -0.494 e. The molecule has 6 heteroatoms. The van der Waals surface area contributed by atoms with Gasteiger partial charge in [0.2, 0.25) is 0 Å². The monoisotopic (exact) mass is 326 g/mol. The summed E-state index contributed by atoms with van der Waals surface area (Å²) >= 11 is 0. The van der Waals surface area contributed by atoms with Crippen LogP contribution in [0.4, 0.5) is 4.39 Å². The van der Waals surface area contributed by atoms with Gasteiger partial charge < -0.3 is 14.5 Å². The van der Waals surface area contributed by atoms with Gasteiger partial charge in [0.15, 0.2) is 17.3 Å². The molecule has 0 fully saturated rings. The number of nitrogens with zero attached hydrogens (tertiary/aromatic N) is 1. The fraction of sp³-hybridized carbons (Fsp3) is 0.111. The van der Waals surface area contributed by atoms with Crippen molar-refractivity contribution < 1.29 is 18.3 Å². The Bertz CT molecular complexity index is 847. The van der Waals surface area contributed by atoms with Gasteiger partial charge in [-0.1, -0.05) is 6.07 Å². The van der Waals surface area contributed by atoms with E-state index < -0.39 is 5.82 Å². The van der Waals surface area contributed by atoms with Gasteiger partial charge in [-0.2, -0.15) is 0 Å². The third kappa shape index (κ3) is 3.27. The molecule has 0 unspecified atom stereocenters. The lowest BCUT2D eigenvalue weighted by Crippen LogP contribution is -2.23. The Morgan fingerprint density at radius 3 is 2.88 bits per heavy atom. The van der Waals surface area contributed by atoms with Gasteiger partial charge in [0.1, 0.15) is 5.69 Å². The molecule has 0 aliphatic heterocycles. The van der Waals surface area contributed by atoms with Crippen molar-refractivity contribution in [2.45, 2.75) is 6.54 Å². The maximum absolute atomic E-state index is 13.7. The molecule has 1 amide bonds. The highest BCUT2D eigenvalue weighted by Gasteiger charge is 2.12. The quantitative estimate of drug-likeness (QED) is 0.780. The molecule has 0 bridgehead atoms.